The molecule has 3 aromatic carbocycles. The molecule has 3 atom stereocenters. The van der Waals surface area contributed by atoms with Crippen molar-refractivity contribution in [2.24, 2.45) is 0 Å². The molecule has 9 heteroatoms. The Hall–Kier alpha value is -4.79. The van der Waals surface area contributed by atoms with Crippen LogP contribution in [0.5, 0.6) is 0 Å². The predicted molar refractivity (Wildman–Crippen MR) is 164 cm³/mol. The van der Waals surface area contributed by atoms with Crippen LogP contribution in [0.3, 0.4) is 0 Å². The first-order valence-electron chi connectivity index (χ1n) is 14.4. The predicted octanol–water partition coefficient (Wildman–Crippen LogP) is 6.65. The number of piperidine rings is 1. The lowest BCUT2D eigenvalue weighted by molar-refractivity contribution is -0.00812. The van der Waals surface area contributed by atoms with E-state index in [-0.39, 0.29) is 19.6 Å². The Kier molecular flexibility index (Phi) is 10.8. The molecule has 0 bridgehead atoms. The number of benzene rings is 3. The van der Waals surface area contributed by atoms with E-state index in [1.807, 2.05) is 103 Å². The molecule has 0 unspecified atom stereocenters. The van der Waals surface area contributed by atoms with Crippen molar-refractivity contribution in [3.8, 4) is 0 Å². The molecule has 1 heterocycles. The van der Waals surface area contributed by atoms with E-state index in [9.17, 15) is 14.4 Å². The van der Waals surface area contributed by atoms with E-state index >= 15 is 0 Å². The molecule has 9 nitrogen and oxygen atoms in total. The molecule has 2 N–H and O–H groups in total. The molecule has 0 aliphatic carbocycles. The summed E-state index contributed by atoms with van der Waals surface area (Å²) in [6, 6.07) is 27.4. The third-order valence-corrected chi connectivity index (χ3v) is 6.67. The molecule has 4 rings (SSSR count). The lowest BCUT2D eigenvalue weighted by atomic mass is 9.94. The van der Waals surface area contributed by atoms with Crippen molar-refractivity contribution in [3.63, 3.8) is 0 Å². The Morgan fingerprint density at radius 1 is 0.767 bits per heavy atom. The van der Waals surface area contributed by atoms with E-state index in [4.69, 9.17) is 14.2 Å². The minimum absolute atomic E-state index is 0.0661. The van der Waals surface area contributed by atoms with Crippen LogP contribution in [0.2, 0.25) is 0 Å². The second-order valence-electron chi connectivity index (χ2n) is 11.3. The Morgan fingerprint density at radius 3 is 1.81 bits per heavy atom. The molecule has 1 fully saturated rings. The second kappa shape index (κ2) is 14.9. The number of ether oxygens (including phenoxy) is 3. The number of amides is 3. The van der Waals surface area contributed by atoms with Gasteiger partial charge in [-0.15, -0.1) is 0 Å². The molecule has 0 aromatic heterocycles. The summed E-state index contributed by atoms with van der Waals surface area (Å²) in [4.78, 5) is 40.8. The maximum Gasteiger partial charge on any atom is 0.412 e. The van der Waals surface area contributed by atoms with Crippen LogP contribution in [-0.4, -0.2) is 47.0 Å². The molecular formula is C34H39N3O6. The smallest absolute Gasteiger partial charge is 0.412 e. The van der Waals surface area contributed by atoms with Crippen molar-refractivity contribution >= 4 is 24.4 Å². The van der Waals surface area contributed by atoms with E-state index in [0.717, 1.165) is 16.7 Å². The van der Waals surface area contributed by atoms with Crippen LogP contribution in [-0.2, 0) is 27.4 Å². The van der Waals surface area contributed by atoms with Crippen LogP contribution in [0.15, 0.2) is 97.1 Å². The first-order chi connectivity index (χ1) is 20.7. The summed E-state index contributed by atoms with van der Waals surface area (Å²) < 4.78 is 16.7. The number of carbonyl (C=O) groups excluding carboxylic acids is 3. The highest BCUT2D eigenvalue weighted by atomic mass is 16.6. The fraction of sp³-hybridized carbons (Fsp3) is 0.324. The lowest BCUT2D eigenvalue weighted by Gasteiger charge is -2.44. The molecule has 43 heavy (non-hydrogen) atoms. The highest BCUT2D eigenvalue weighted by Gasteiger charge is 2.41. The molecule has 226 valence electrons. The maximum absolute atomic E-state index is 13.6. The topological polar surface area (TPSA) is 106 Å². The van der Waals surface area contributed by atoms with Crippen LogP contribution in [0.1, 0.15) is 50.3 Å². The van der Waals surface area contributed by atoms with Gasteiger partial charge in [0.05, 0.1) is 6.04 Å². The third kappa shape index (κ3) is 10.2. The zero-order valence-corrected chi connectivity index (χ0v) is 24.8. The van der Waals surface area contributed by atoms with E-state index in [1.54, 1.807) is 20.8 Å². The van der Waals surface area contributed by atoms with Crippen molar-refractivity contribution in [2.45, 2.75) is 70.7 Å². The molecular weight excluding hydrogens is 546 g/mol. The van der Waals surface area contributed by atoms with Gasteiger partial charge < -0.3 is 24.8 Å². The van der Waals surface area contributed by atoms with Gasteiger partial charge in [0.15, 0.2) is 0 Å². The van der Waals surface area contributed by atoms with Gasteiger partial charge in [0.1, 0.15) is 25.0 Å². The van der Waals surface area contributed by atoms with Crippen LogP contribution in [0.4, 0.5) is 14.4 Å². The number of nitrogens with one attached hydrogen (secondary N) is 2. The first-order valence-corrected chi connectivity index (χ1v) is 14.4. The Labute approximate surface area is 252 Å². The summed E-state index contributed by atoms with van der Waals surface area (Å²) in [5, 5.41) is 5.75. The Morgan fingerprint density at radius 2 is 1.28 bits per heavy atom. The van der Waals surface area contributed by atoms with Crippen LogP contribution in [0.25, 0.3) is 6.08 Å². The van der Waals surface area contributed by atoms with E-state index in [2.05, 4.69) is 10.6 Å². The summed E-state index contributed by atoms with van der Waals surface area (Å²) in [7, 11) is 0. The highest BCUT2D eigenvalue weighted by molar-refractivity contribution is 5.73. The molecule has 0 spiro atoms. The fourth-order valence-corrected chi connectivity index (χ4v) is 4.73. The van der Waals surface area contributed by atoms with Gasteiger partial charge in [-0.05, 0) is 43.9 Å². The lowest BCUT2D eigenvalue weighted by Crippen LogP contribution is -2.62. The van der Waals surface area contributed by atoms with Crippen LogP contribution in [0, 0.1) is 0 Å². The number of hydrogen-bond acceptors (Lipinski definition) is 6. The monoisotopic (exact) mass is 585 g/mol. The van der Waals surface area contributed by atoms with Crippen molar-refractivity contribution in [1.29, 1.82) is 0 Å². The van der Waals surface area contributed by atoms with E-state index in [0.29, 0.717) is 6.42 Å². The number of nitrogens with zero attached hydrogens (tertiary/aromatic N) is 1. The second-order valence-corrected chi connectivity index (χ2v) is 11.3. The average Bonchev–Trinajstić information content (AvgIpc) is 2.98. The number of likely N-dealkylation sites (tertiary alicyclic amines) is 1. The first kappa shape index (κ1) is 31.2. The molecule has 1 aliphatic heterocycles. The third-order valence-electron chi connectivity index (χ3n) is 6.67. The van der Waals surface area contributed by atoms with Gasteiger partial charge in [0.25, 0.3) is 0 Å². The zero-order valence-electron chi connectivity index (χ0n) is 24.8. The average molecular weight is 586 g/mol. The largest absolute Gasteiger partial charge is 0.445 e. The summed E-state index contributed by atoms with van der Waals surface area (Å²) in [5.41, 5.74) is 1.87. The Balaban J connectivity index is 1.54. The number of carbonyl (C=O) groups is 3. The normalized spacial score (nSPS) is 18.5. The molecule has 0 saturated carbocycles. The molecule has 3 aromatic rings. The van der Waals surface area contributed by atoms with Gasteiger partial charge in [-0.2, -0.15) is 0 Å². The highest BCUT2D eigenvalue weighted by Crippen LogP contribution is 2.27. The summed E-state index contributed by atoms with van der Waals surface area (Å²) in [6.45, 7) is 5.54. The van der Waals surface area contributed by atoms with Crippen LogP contribution < -0.4 is 10.6 Å². The number of rotatable bonds is 8. The van der Waals surface area contributed by atoms with Crippen molar-refractivity contribution < 1.29 is 28.6 Å². The standard InChI is InChI=1S/C34H39N3O6/c1-34(2,3)43-33(40)37-29(20-19-25-13-7-4-8-14-25)21-28(35-31(38)41-23-26-15-9-5-10-16-26)22-30(37)36-32(39)42-24-27-17-11-6-12-18-27/h4-20,28-30H,21-24H2,1-3H3,(H,35,38)(H,36,39)/b20-19+/t28-,29-,30-/m1/s1. The summed E-state index contributed by atoms with van der Waals surface area (Å²) >= 11 is 0. The summed E-state index contributed by atoms with van der Waals surface area (Å²) in [6.07, 6.45) is 1.67. The molecule has 3 amide bonds. The number of alkyl carbamates (subject to hydrolysis) is 2. The fourth-order valence-electron chi connectivity index (χ4n) is 4.73. The van der Waals surface area contributed by atoms with E-state index in [1.165, 1.54) is 4.90 Å². The van der Waals surface area contributed by atoms with Gasteiger partial charge in [-0.25, -0.2) is 14.4 Å². The minimum atomic E-state index is -0.836. The van der Waals surface area contributed by atoms with Crippen molar-refractivity contribution in [3.05, 3.63) is 114 Å². The van der Waals surface area contributed by atoms with Crippen LogP contribution >= 0.6 is 0 Å². The van der Waals surface area contributed by atoms with Crippen molar-refractivity contribution in [1.82, 2.24) is 15.5 Å². The van der Waals surface area contributed by atoms with Crippen molar-refractivity contribution in [2.75, 3.05) is 0 Å². The SMILES string of the molecule is CC(C)(C)OC(=O)N1[C@H](/C=C/c2ccccc2)C[C@@H](NC(=O)OCc2ccccc2)C[C@@H]1NC(=O)OCc1ccccc1. The van der Waals surface area contributed by atoms with Gasteiger partial charge >= 0.3 is 18.3 Å². The zero-order chi connectivity index (χ0) is 30.7. The molecule has 0 radical (unpaired) electrons. The van der Waals surface area contributed by atoms with E-state index < -0.39 is 42.1 Å². The minimum Gasteiger partial charge on any atom is -0.445 e. The van der Waals surface area contributed by atoms with Gasteiger partial charge in [0.2, 0.25) is 0 Å². The number of hydrogen-bond donors (Lipinski definition) is 2. The van der Waals surface area contributed by atoms with Gasteiger partial charge in [-0.3, -0.25) is 4.90 Å². The summed E-state index contributed by atoms with van der Waals surface area (Å²) in [5.74, 6) is 0. The van der Waals surface area contributed by atoms with Gasteiger partial charge in [-0.1, -0.05) is 103 Å². The molecule has 1 aliphatic rings. The quantitative estimate of drug-likeness (QED) is 0.287. The van der Waals surface area contributed by atoms with Gasteiger partial charge in [0, 0.05) is 12.5 Å². The Bertz CT molecular complexity index is 1360. The maximum atomic E-state index is 13.6. The molecule has 1 saturated heterocycles.